The summed E-state index contributed by atoms with van der Waals surface area (Å²) in [6.45, 7) is 12.3. The van der Waals surface area contributed by atoms with E-state index in [0.29, 0.717) is 13.2 Å². The lowest BCUT2D eigenvalue weighted by Crippen LogP contribution is -2.43. The number of halogens is 1. The fourth-order valence-electron chi connectivity index (χ4n) is 1.33. The monoisotopic (exact) mass is 307 g/mol. The molecule has 2 unspecified atom stereocenters. The summed E-state index contributed by atoms with van der Waals surface area (Å²) in [7, 11) is -1.73. The third-order valence-corrected chi connectivity index (χ3v) is 9.14. The van der Waals surface area contributed by atoms with Crippen LogP contribution in [0.15, 0.2) is 0 Å². The Morgan fingerprint density at radius 1 is 1.50 bits per heavy atom. The van der Waals surface area contributed by atoms with Crippen LogP contribution in [0.2, 0.25) is 18.1 Å². The molecule has 3 nitrogen and oxygen atoms in total. The molecule has 1 fully saturated rings. The second-order valence-corrected chi connectivity index (χ2v) is 11.9. The first kappa shape index (κ1) is 14.2. The first-order chi connectivity index (χ1) is 7.15. The number of hydrogen-bond donors (Lipinski definition) is 1. The molecule has 1 saturated heterocycles. The van der Waals surface area contributed by atoms with Gasteiger partial charge in [-0.2, -0.15) is 0 Å². The van der Waals surface area contributed by atoms with Gasteiger partial charge in [0.1, 0.15) is 0 Å². The highest BCUT2D eigenvalue weighted by molar-refractivity contribution is 9.09. The molecule has 0 saturated carbocycles. The van der Waals surface area contributed by atoms with Crippen LogP contribution in [0.1, 0.15) is 20.8 Å². The molecule has 1 aliphatic rings. The lowest BCUT2D eigenvalue weighted by atomic mass is 10.1. The number of nitrogens with one attached hydrogen (secondary N) is 1. The van der Waals surface area contributed by atoms with Crippen LogP contribution in [0.5, 0.6) is 0 Å². The highest BCUT2D eigenvalue weighted by atomic mass is 79.9. The maximum atomic E-state index is 11.5. The molecule has 0 aliphatic carbocycles. The van der Waals surface area contributed by atoms with Crippen molar-refractivity contribution in [2.24, 2.45) is 5.92 Å². The summed E-state index contributed by atoms with van der Waals surface area (Å²) >= 11 is 3.52. The Bertz CT molecular complexity index is 276. The van der Waals surface area contributed by atoms with Gasteiger partial charge in [0.25, 0.3) is 0 Å². The largest absolute Gasteiger partial charge is 0.416 e. The Labute approximate surface area is 108 Å². The number of carbonyl (C=O) groups is 1. The Morgan fingerprint density at radius 3 is 2.44 bits per heavy atom. The summed E-state index contributed by atoms with van der Waals surface area (Å²) < 4.78 is 6.07. The highest BCUT2D eigenvalue weighted by Gasteiger charge is 2.40. The Kier molecular flexibility index (Phi) is 4.24. The van der Waals surface area contributed by atoms with Gasteiger partial charge < -0.3 is 9.74 Å². The molecule has 0 radical (unpaired) electrons. The molecule has 0 aromatic carbocycles. The van der Waals surface area contributed by atoms with Gasteiger partial charge in [-0.25, -0.2) is 0 Å². The predicted octanol–water partition coefficient (Wildman–Crippen LogP) is 2.52. The second-order valence-electron chi connectivity index (χ2n) is 5.94. The summed E-state index contributed by atoms with van der Waals surface area (Å²) in [6, 6.07) is 0. The topological polar surface area (TPSA) is 38.3 Å². The number of rotatable bonds is 3. The van der Waals surface area contributed by atoms with Crippen molar-refractivity contribution in [3.05, 3.63) is 0 Å². The molecule has 1 amide bonds. The number of alkyl halides is 1. The molecule has 94 valence electrons. The molecule has 0 aromatic heterocycles. The van der Waals surface area contributed by atoms with Crippen molar-refractivity contribution in [3.63, 3.8) is 0 Å². The van der Waals surface area contributed by atoms with Gasteiger partial charge in [0.05, 0.1) is 5.92 Å². The molecule has 0 bridgehead atoms. The standard InChI is InChI=1S/C11H22BrNO2Si/c1-11(2,3)16(4,5)15-7-8-9(12)6-13-10(8)14/h8-9H,6-7H2,1-5H3,(H,13,14). The van der Waals surface area contributed by atoms with E-state index in [1.165, 1.54) is 0 Å². The summed E-state index contributed by atoms with van der Waals surface area (Å²) in [4.78, 5) is 11.8. The zero-order valence-electron chi connectivity index (χ0n) is 10.8. The third kappa shape index (κ3) is 3.08. The Morgan fingerprint density at radius 2 is 2.06 bits per heavy atom. The Balaban J connectivity index is 2.54. The zero-order chi connectivity index (χ0) is 12.6. The van der Waals surface area contributed by atoms with E-state index < -0.39 is 8.32 Å². The van der Waals surface area contributed by atoms with Crippen molar-refractivity contribution < 1.29 is 9.22 Å². The minimum atomic E-state index is -1.73. The van der Waals surface area contributed by atoms with E-state index in [2.05, 4.69) is 55.1 Å². The van der Waals surface area contributed by atoms with Crippen LogP contribution < -0.4 is 5.32 Å². The van der Waals surface area contributed by atoms with Crippen LogP contribution in [0.4, 0.5) is 0 Å². The van der Waals surface area contributed by atoms with Crippen molar-refractivity contribution in [1.29, 1.82) is 0 Å². The molecule has 0 aromatic rings. The van der Waals surface area contributed by atoms with E-state index in [1.54, 1.807) is 0 Å². The van der Waals surface area contributed by atoms with Crippen molar-refractivity contribution in [2.45, 2.75) is 43.7 Å². The number of amides is 1. The van der Waals surface area contributed by atoms with E-state index in [1.807, 2.05) is 0 Å². The smallest absolute Gasteiger partial charge is 0.226 e. The van der Waals surface area contributed by atoms with Crippen molar-refractivity contribution >= 4 is 30.2 Å². The minimum absolute atomic E-state index is 0.0332. The van der Waals surface area contributed by atoms with Crippen LogP contribution in [-0.4, -0.2) is 32.2 Å². The minimum Gasteiger partial charge on any atom is -0.416 e. The Hall–Kier alpha value is 0.127. The molecule has 0 spiro atoms. The quantitative estimate of drug-likeness (QED) is 0.643. The molecule has 1 aliphatic heterocycles. The summed E-state index contributed by atoms with van der Waals surface area (Å²) in [6.07, 6.45) is 0. The lowest BCUT2D eigenvalue weighted by Gasteiger charge is -2.36. The van der Waals surface area contributed by atoms with Gasteiger partial charge in [0, 0.05) is 18.0 Å². The average Bonchev–Trinajstić information content (AvgIpc) is 2.42. The van der Waals surface area contributed by atoms with Gasteiger partial charge in [-0.3, -0.25) is 4.79 Å². The second kappa shape index (κ2) is 4.78. The van der Waals surface area contributed by atoms with Crippen LogP contribution in [-0.2, 0) is 9.22 Å². The number of carbonyl (C=O) groups excluding carboxylic acids is 1. The van der Waals surface area contributed by atoms with Gasteiger partial charge in [-0.1, -0.05) is 36.7 Å². The first-order valence-corrected chi connectivity index (χ1v) is 9.53. The van der Waals surface area contributed by atoms with Gasteiger partial charge in [0.2, 0.25) is 5.91 Å². The van der Waals surface area contributed by atoms with Crippen molar-refractivity contribution in [3.8, 4) is 0 Å². The van der Waals surface area contributed by atoms with Crippen LogP contribution >= 0.6 is 15.9 Å². The van der Waals surface area contributed by atoms with Crippen molar-refractivity contribution in [2.75, 3.05) is 13.2 Å². The SMILES string of the molecule is CC(C)(C)[Si](C)(C)OCC1C(=O)NCC1Br. The lowest BCUT2D eigenvalue weighted by molar-refractivity contribution is -0.123. The van der Waals surface area contributed by atoms with E-state index >= 15 is 0 Å². The average molecular weight is 308 g/mol. The molecule has 1 rings (SSSR count). The fraction of sp³-hybridized carbons (Fsp3) is 0.909. The zero-order valence-corrected chi connectivity index (χ0v) is 13.3. The van der Waals surface area contributed by atoms with E-state index in [-0.39, 0.29) is 21.7 Å². The molecule has 5 heteroatoms. The normalized spacial score (nSPS) is 27.0. The maximum absolute atomic E-state index is 11.5. The third-order valence-electron chi connectivity index (χ3n) is 3.67. The molecule has 1 heterocycles. The van der Waals surface area contributed by atoms with E-state index in [9.17, 15) is 4.79 Å². The van der Waals surface area contributed by atoms with Crippen LogP contribution in [0.3, 0.4) is 0 Å². The molecule has 2 atom stereocenters. The van der Waals surface area contributed by atoms with Crippen molar-refractivity contribution in [1.82, 2.24) is 5.32 Å². The maximum Gasteiger partial charge on any atom is 0.226 e. The van der Waals surface area contributed by atoms with Gasteiger partial charge in [0.15, 0.2) is 8.32 Å². The first-order valence-electron chi connectivity index (χ1n) is 5.71. The summed E-state index contributed by atoms with van der Waals surface area (Å²) in [5.74, 6) is 0.0784. The molecular weight excluding hydrogens is 286 g/mol. The van der Waals surface area contributed by atoms with Gasteiger partial charge in [-0.05, 0) is 18.1 Å². The van der Waals surface area contributed by atoms with Gasteiger partial charge in [-0.15, -0.1) is 0 Å². The summed E-state index contributed by atoms with van der Waals surface area (Å²) in [5.41, 5.74) is 0. The molecule has 16 heavy (non-hydrogen) atoms. The van der Waals surface area contributed by atoms with Gasteiger partial charge >= 0.3 is 0 Å². The van der Waals surface area contributed by atoms with E-state index in [0.717, 1.165) is 0 Å². The molecular formula is C11H22BrNO2Si. The predicted molar refractivity (Wildman–Crippen MR) is 72.4 cm³/mol. The van der Waals surface area contributed by atoms with Crippen LogP contribution in [0.25, 0.3) is 0 Å². The van der Waals surface area contributed by atoms with E-state index in [4.69, 9.17) is 4.43 Å². The highest BCUT2D eigenvalue weighted by Crippen LogP contribution is 2.37. The van der Waals surface area contributed by atoms with Crippen LogP contribution in [0, 0.1) is 5.92 Å². The summed E-state index contributed by atoms with van der Waals surface area (Å²) in [5, 5.41) is 3.04. The molecule has 1 N–H and O–H groups in total. The fourth-order valence-corrected chi connectivity index (χ4v) is 2.91. The number of hydrogen-bond acceptors (Lipinski definition) is 2.